The fourth-order valence-corrected chi connectivity index (χ4v) is 3.95. The highest BCUT2D eigenvalue weighted by atomic mass is 16.5. The summed E-state index contributed by atoms with van der Waals surface area (Å²) >= 11 is 0. The van der Waals surface area contributed by atoms with E-state index in [2.05, 4.69) is 22.2 Å². The van der Waals surface area contributed by atoms with E-state index in [1.165, 1.54) is 32.1 Å². The van der Waals surface area contributed by atoms with E-state index >= 15 is 0 Å². The summed E-state index contributed by atoms with van der Waals surface area (Å²) in [4.78, 5) is 7.81. The Hall–Kier alpha value is -0.870. The molecule has 1 saturated heterocycles. The van der Waals surface area contributed by atoms with Gasteiger partial charge in [0.1, 0.15) is 5.82 Å². The topological polar surface area (TPSA) is 49.9 Å². The first-order chi connectivity index (χ1) is 9.83. The lowest BCUT2D eigenvalue weighted by molar-refractivity contribution is -0.0985. The highest BCUT2D eigenvalue weighted by Crippen LogP contribution is 2.44. The van der Waals surface area contributed by atoms with E-state index in [-0.39, 0.29) is 5.60 Å². The number of aromatic nitrogens is 2. The lowest BCUT2D eigenvalue weighted by Gasteiger charge is -2.41. The van der Waals surface area contributed by atoms with Gasteiger partial charge in [-0.15, -0.1) is 0 Å². The van der Waals surface area contributed by atoms with Crippen molar-refractivity contribution in [3.63, 3.8) is 0 Å². The molecule has 112 valence electrons. The number of nitrogens with one attached hydrogen (secondary N) is 2. The largest absolute Gasteiger partial charge is 0.375 e. The third-order valence-corrected chi connectivity index (χ3v) is 4.95. The van der Waals surface area contributed by atoms with Crippen molar-refractivity contribution in [2.45, 2.75) is 63.5 Å². The van der Waals surface area contributed by atoms with Crippen molar-refractivity contribution in [3.8, 4) is 0 Å². The Morgan fingerprint density at radius 1 is 1.50 bits per heavy atom. The molecule has 2 atom stereocenters. The Morgan fingerprint density at radius 3 is 3.05 bits per heavy atom. The first-order valence-corrected chi connectivity index (χ1v) is 8.20. The van der Waals surface area contributed by atoms with Gasteiger partial charge < -0.3 is 15.0 Å². The van der Waals surface area contributed by atoms with E-state index in [1.807, 2.05) is 12.4 Å². The summed E-state index contributed by atoms with van der Waals surface area (Å²) in [5.74, 6) is 1.73. The number of nitrogens with zero attached hydrogens (tertiary/aromatic N) is 1. The molecule has 1 spiro atoms. The molecule has 0 amide bonds. The Morgan fingerprint density at radius 2 is 2.35 bits per heavy atom. The van der Waals surface area contributed by atoms with Gasteiger partial charge in [0.05, 0.1) is 11.6 Å². The number of imidazole rings is 1. The molecule has 1 saturated carbocycles. The molecule has 2 N–H and O–H groups in total. The van der Waals surface area contributed by atoms with Crippen LogP contribution in [-0.2, 0) is 4.74 Å². The van der Waals surface area contributed by atoms with Gasteiger partial charge in [-0.05, 0) is 44.6 Å². The summed E-state index contributed by atoms with van der Waals surface area (Å²) in [6, 6.07) is 0.353. The van der Waals surface area contributed by atoms with Crippen LogP contribution in [0.1, 0.15) is 63.7 Å². The van der Waals surface area contributed by atoms with Crippen LogP contribution in [0, 0.1) is 5.92 Å². The monoisotopic (exact) mass is 277 g/mol. The van der Waals surface area contributed by atoms with Gasteiger partial charge in [-0.2, -0.15) is 0 Å². The van der Waals surface area contributed by atoms with Crippen LogP contribution in [0.5, 0.6) is 0 Å². The molecule has 0 aromatic carbocycles. The van der Waals surface area contributed by atoms with E-state index in [9.17, 15) is 0 Å². The third-order valence-electron chi connectivity index (χ3n) is 4.95. The van der Waals surface area contributed by atoms with Crippen LogP contribution in [-0.4, -0.2) is 28.7 Å². The minimum atomic E-state index is 0.182. The number of hydrogen-bond acceptors (Lipinski definition) is 3. The molecule has 1 aliphatic heterocycles. The van der Waals surface area contributed by atoms with Crippen molar-refractivity contribution >= 4 is 0 Å². The van der Waals surface area contributed by atoms with Gasteiger partial charge >= 0.3 is 0 Å². The Kier molecular flexibility index (Phi) is 4.41. The zero-order chi connectivity index (χ0) is 13.8. The second-order valence-electron chi connectivity index (χ2n) is 6.40. The van der Waals surface area contributed by atoms with Crippen LogP contribution in [0.4, 0.5) is 0 Å². The van der Waals surface area contributed by atoms with Crippen molar-refractivity contribution in [1.82, 2.24) is 15.3 Å². The number of aromatic amines is 1. The molecule has 4 nitrogen and oxygen atoms in total. The molecule has 0 radical (unpaired) electrons. The smallest absolute Gasteiger partial charge is 0.123 e. The molecule has 1 aromatic rings. The molecule has 4 heteroatoms. The van der Waals surface area contributed by atoms with Crippen LogP contribution in [0.25, 0.3) is 0 Å². The summed E-state index contributed by atoms with van der Waals surface area (Å²) in [7, 11) is 0. The maximum Gasteiger partial charge on any atom is 0.123 e. The quantitative estimate of drug-likeness (QED) is 0.869. The van der Waals surface area contributed by atoms with Crippen LogP contribution in [0.2, 0.25) is 0 Å². The first kappa shape index (κ1) is 14.1. The molecule has 20 heavy (non-hydrogen) atoms. The van der Waals surface area contributed by atoms with E-state index in [4.69, 9.17) is 4.74 Å². The average molecular weight is 277 g/mol. The Labute approximate surface area is 121 Å². The number of hydrogen-bond donors (Lipinski definition) is 2. The zero-order valence-corrected chi connectivity index (χ0v) is 12.5. The van der Waals surface area contributed by atoms with Gasteiger partial charge in [0.25, 0.3) is 0 Å². The standard InChI is InChI=1S/C16H27N3O/c1-2-8-17-14(15-18-9-10-19-15)13-5-11-20-16(12-13)6-3-4-7-16/h9-10,13-14,17H,2-8,11-12H2,1H3,(H,18,19). The summed E-state index contributed by atoms with van der Waals surface area (Å²) in [6.45, 7) is 4.18. The summed E-state index contributed by atoms with van der Waals surface area (Å²) in [5.41, 5.74) is 0.182. The van der Waals surface area contributed by atoms with Crippen molar-refractivity contribution in [2.75, 3.05) is 13.2 Å². The first-order valence-electron chi connectivity index (χ1n) is 8.20. The number of ether oxygens (including phenoxy) is 1. The second kappa shape index (κ2) is 6.27. The highest BCUT2D eigenvalue weighted by molar-refractivity contribution is 5.02. The summed E-state index contributed by atoms with van der Waals surface area (Å²) in [5, 5.41) is 3.70. The van der Waals surface area contributed by atoms with E-state index in [0.29, 0.717) is 12.0 Å². The highest BCUT2D eigenvalue weighted by Gasteiger charge is 2.42. The zero-order valence-electron chi connectivity index (χ0n) is 12.5. The van der Waals surface area contributed by atoms with Crippen molar-refractivity contribution in [1.29, 1.82) is 0 Å². The van der Waals surface area contributed by atoms with Gasteiger partial charge in [0, 0.05) is 19.0 Å². The van der Waals surface area contributed by atoms with E-state index in [0.717, 1.165) is 31.8 Å². The van der Waals surface area contributed by atoms with Gasteiger partial charge in [-0.1, -0.05) is 19.8 Å². The second-order valence-corrected chi connectivity index (χ2v) is 6.40. The Balaban J connectivity index is 1.72. The van der Waals surface area contributed by atoms with Crippen LogP contribution in [0.3, 0.4) is 0 Å². The summed E-state index contributed by atoms with van der Waals surface area (Å²) < 4.78 is 6.17. The molecule has 3 rings (SSSR count). The molecule has 1 aliphatic carbocycles. The lowest BCUT2D eigenvalue weighted by Crippen LogP contribution is -2.42. The van der Waals surface area contributed by atoms with E-state index in [1.54, 1.807) is 0 Å². The van der Waals surface area contributed by atoms with Crippen molar-refractivity contribution in [2.24, 2.45) is 5.92 Å². The minimum absolute atomic E-state index is 0.182. The molecular weight excluding hydrogens is 250 g/mol. The SMILES string of the molecule is CCCNC(c1ncc[nH]1)C1CCOC2(CCCC2)C1. The van der Waals surface area contributed by atoms with Gasteiger partial charge in [-0.25, -0.2) is 4.98 Å². The molecule has 2 heterocycles. The Bertz CT molecular complexity index is 398. The predicted molar refractivity (Wildman–Crippen MR) is 79.5 cm³/mol. The summed E-state index contributed by atoms with van der Waals surface area (Å²) in [6.07, 6.45) is 12.5. The maximum absolute atomic E-state index is 6.17. The molecule has 2 unspecified atom stereocenters. The average Bonchev–Trinajstić information content (AvgIpc) is 3.12. The molecule has 2 aliphatic rings. The fourth-order valence-electron chi connectivity index (χ4n) is 3.95. The third kappa shape index (κ3) is 2.91. The predicted octanol–water partition coefficient (Wildman–Crippen LogP) is 3.19. The molecule has 0 bridgehead atoms. The fraction of sp³-hybridized carbons (Fsp3) is 0.812. The normalized spacial score (nSPS) is 26.9. The minimum Gasteiger partial charge on any atom is -0.375 e. The van der Waals surface area contributed by atoms with Gasteiger partial charge in [0.15, 0.2) is 0 Å². The van der Waals surface area contributed by atoms with Gasteiger partial charge in [0.2, 0.25) is 0 Å². The number of rotatable bonds is 5. The molecule has 1 aromatic heterocycles. The molecular formula is C16H27N3O. The van der Waals surface area contributed by atoms with Crippen LogP contribution in [0.15, 0.2) is 12.4 Å². The van der Waals surface area contributed by atoms with E-state index < -0.39 is 0 Å². The maximum atomic E-state index is 6.17. The van der Waals surface area contributed by atoms with Gasteiger partial charge in [-0.3, -0.25) is 0 Å². The number of H-pyrrole nitrogens is 1. The van der Waals surface area contributed by atoms with Crippen LogP contribution >= 0.6 is 0 Å². The van der Waals surface area contributed by atoms with Crippen molar-refractivity contribution in [3.05, 3.63) is 18.2 Å². The lowest BCUT2D eigenvalue weighted by atomic mass is 9.80. The molecule has 2 fully saturated rings. The van der Waals surface area contributed by atoms with Crippen LogP contribution < -0.4 is 5.32 Å². The van der Waals surface area contributed by atoms with Crippen molar-refractivity contribution < 1.29 is 4.74 Å².